The van der Waals surface area contributed by atoms with Crippen LogP contribution in [0.5, 0.6) is 0 Å². The molecule has 34 nitrogen and oxygen atoms in total. The number of carbonyl (C=O) groups excluding carboxylic acids is 14. The van der Waals surface area contributed by atoms with Crippen LogP contribution in [0.25, 0.3) is 21.8 Å². The number of H-pyrrole nitrogens is 2. The lowest BCUT2D eigenvalue weighted by Gasteiger charge is -2.31. The smallest absolute Gasteiger partial charge is 0.245 e. The van der Waals surface area contributed by atoms with Gasteiger partial charge in [0.25, 0.3) is 0 Å². The molecule has 5 aromatic carbocycles. The fourth-order valence-electron chi connectivity index (χ4n) is 16.9. The predicted molar refractivity (Wildman–Crippen MR) is 481 cm³/mol. The summed E-state index contributed by atoms with van der Waals surface area (Å²) in [7, 11) is 0. The Morgan fingerprint density at radius 1 is 0.441 bits per heavy atom. The van der Waals surface area contributed by atoms with E-state index in [1.54, 1.807) is 12.4 Å². The molecule has 4 aliphatic rings. The Morgan fingerprint density at radius 2 is 0.819 bits per heavy atom. The van der Waals surface area contributed by atoms with Gasteiger partial charge in [-0.05, 0) is 129 Å². The second-order valence-electron chi connectivity index (χ2n) is 33.6. The van der Waals surface area contributed by atoms with E-state index in [0.717, 1.165) is 49.6 Å². The number of fused-ring (bicyclic) bond motifs is 4. The maximum Gasteiger partial charge on any atom is 0.245 e. The van der Waals surface area contributed by atoms with Gasteiger partial charge in [-0.1, -0.05) is 141 Å². The number of para-hydroxylation sites is 2. The van der Waals surface area contributed by atoms with Crippen LogP contribution < -0.4 is 76.1 Å². The van der Waals surface area contributed by atoms with Crippen molar-refractivity contribution in [2.45, 2.75) is 217 Å². The van der Waals surface area contributed by atoms with Gasteiger partial charge in [0.2, 0.25) is 70.9 Å². The van der Waals surface area contributed by atoms with E-state index in [2.05, 4.69) is 73.1 Å². The molecule has 7 aromatic rings. The number of ketones is 2. The fraction of sp³-hybridized carbons (Fsp3) is 0.462. The largest absolute Gasteiger partial charge is 0.370 e. The summed E-state index contributed by atoms with van der Waals surface area (Å²) in [5.74, 6) is -8.70. The summed E-state index contributed by atoms with van der Waals surface area (Å²) in [4.78, 5) is 213. The SMILES string of the molecule is CC(=O)N[C@@H](Cc1ccccc1)C(=O)N[C@H]1CCCNC(=O)[C@H](CCCN=C(N)N)CC(=O)[C@H](Cc2c[nH]c3ccccc23)NC(=O)[C@@H](CC(C)C)NC(=O)[C@@H]2CCCN2C1=O.CC(=O)N[C@@H](Cc1ccccc1)C(=O)N[C@H]1CCCNC(=O)[C@H](CCCN=C(N)N)CC(=O)[C@H](Cc2c[nH]c3ccccc23)NC(=O)[C@@H](Cc2ccccc2)NC(=O)[C@@H]2CCCN2C1=O. The van der Waals surface area contributed by atoms with Gasteiger partial charge in [-0.2, -0.15) is 0 Å². The normalized spacial score (nSPS) is 22.1. The Kier molecular flexibility index (Phi) is 36.0. The molecule has 4 fully saturated rings. The first-order valence-electron chi connectivity index (χ1n) is 44.0. The van der Waals surface area contributed by atoms with Gasteiger partial charge in [-0.15, -0.1) is 0 Å². The van der Waals surface area contributed by atoms with Gasteiger partial charge in [-0.3, -0.25) is 77.1 Å². The highest BCUT2D eigenvalue weighted by Crippen LogP contribution is 2.28. The number of nitrogens with one attached hydrogen (secondary N) is 12. The van der Waals surface area contributed by atoms with E-state index in [1.807, 2.05) is 153 Å². The van der Waals surface area contributed by atoms with Crippen molar-refractivity contribution in [3.63, 3.8) is 0 Å². The van der Waals surface area contributed by atoms with Crippen molar-refractivity contribution in [2.75, 3.05) is 39.3 Å². The van der Waals surface area contributed by atoms with Crippen molar-refractivity contribution >= 4 is 116 Å². The summed E-state index contributed by atoms with van der Waals surface area (Å²) in [5.41, 5.74) is 27.8. The minimum Gasteiger partial charge on any atom is -0.370 e. The average Bonchev–Trinajstić information content (AvgIpc) is 1.72. The Morgan fingerprint density at radius 3 is 1.22 bits per heavy atom. The highest BCUT2D eigenvalue weighted by molar-refractivity contribution is 6.01. The molecule has 0 radical (unpaired) electrons. The maximum atomic E-state index is 14.6. The molecule has 0 spiro atoms. The van der Waals surface area contributed by atoms with E-state index in [0.29, 0.717) is 38.5 Å². The number of Topliss-reactive ketones (excluding diaryl/α,β-unsaturated/α-hetero) is 2. The van der Waals surface area contributed by atoms with Crippen LogP contribution in [0, 0.1) is 17.8 Å². The average molecular weight is 1740 g/mol. The lowest BCUT2D eigenvalue weighted by molar-refractivity contribution is -0.142. The molecule has 127 heavy (non-hydrogen) atoms. The number of nitrogens with zero attached hydrogens (tertiary/aromatic N) is 4. The predicted octanol–water partition coefficient (Wildman–Crippen LogP) is 3.17. The van der Waals surface area contributed by atoms with E-state index in [-0.39, 0.29) is 159 Å². The number of hydrogen-bond donors (Lipinski definition) is 16. The molecule has 0 aliphatic carbocycles. The molecular formula is C93H122N20O14. The van der Waals surface area contributed by atoms with E-state index < -0.39 is 143 Å². The van der Waals surface area contributed by atoms with Crippen molar-refractivity contribution in [2.24, 2.45) is 50.7 Å². The van der Waals surface area contributed by atoms with Crippen LogP contribution >= 0.6 is 0 Å². The number of nitrogens with two attached hydrogens (primary N) is 4. The van der Waals surface area contributed by atoms with Gasteiger partial charge in [0, 0.05) is 144 Å². The van der Waals surface area contributed by atoms with E-state index in [1.165, 1.54) is 23.6 Å². The second kappa shape index (κ2) is 47.7. The molecule has 678 valence electrons. The zero-order valence-electron chi connectivity index (χ0n) is 72.6. The molecular weight excluding hydrogens is 1620 g/mol. The van der Waals surface area contributed by atoms with Crippen molar-refractivity contribution in [3.05, 3.63) is 180 Å². The quantitative estimate of drug-likeness (QED) is 0.0210. The fourth-order valence-corrected chi connectivity index (χ4v) is 16.9. The van der Waals surface area contributed by atoms with Crippen molar-refractivity contribution < 1.29 is 67.1 Å². The van der Waals surface area contributed by atoms with Crippen LogP contribution in [0.3, 0.4) is 0 Å². The van der Waals surface area contributed by atoms with Crippen LogP contribution in [0.4, 0.5) is 0 Å². The van der Waals surface area contributed by atoms with Gasteiger partial charge < -0.3 is 95.9 Å². The summed E-state index contributed by atoms with van der Waals surface area (Å²) in [5, 5.41) is 30.5. The number of carbonyl (C=O) groups is 14. The molecule has 0 saturated carbocycles. The van der Waals surface area contributed by atoms with E-state index in [4.69, 9.17) is 22.9 Å². The van der Waals surface area contributed by atoms with Crippen molar-refractivity contribution in [1.29, 1.82) is 0 Å². The first-order valence-corrected chi connectivity index (χ1v) is 44.0. The van der Waals surface area contributed by atoms with E-state index >= 15 is 0 Å². The summed E-state index contributed by atoms with van der Waals surface area (Å²) in [6.45, 7) is 7.55. The third-order valence-electron chi connectivity index (χ3n) is 23.3. The highest BCUT2D eigenvalue weighted by atomic mass is 16.2. The monoisotopic (exact) mass is 1740 g/mol. The number of rotatable bonds is 26. The minimum atomic E-state index is -1.16. The molecule has 0 unspecified atom stereocenters. The molecule has 0 bridgehead atoms. The highest BCUT2D eigenvalue weighted by Gasteiger charge is 2.43. The number of hydrogen-bond acceptors (Lipinski definition) is 16. The second-order valence-corrected chi connectivity index (χ2v) is 33.6. The van der Waals surface area contributed by atoms with Gasteiger partial charge in [0.15, 0.2) is 23.5 Å². The molecule has 20 N–H and O–H groups in total. The molecule has 2 aromatic heterocycles. The molecule has 11 rings (SSSR count). The van der Waals surface area contributed by atoms with Crippen LogP contribution in [0.2, 0.25) is 0 Å². The van der Waals surface area contributed by atoms with Crippen LogP contribution in [-0.2, 0) is 99.2 Å². The third kappa shape index (κ3) is 28.9. The first kappa shape index (κ1) is 95.9. The summed E-state index contributed by atoms with van der Waals surface area (Å²) >= 11 is 0. The maximum absolute atomic E-state index is 14.6. The molecule has 12 atom stereocenters. The minimum absolute atomic E-state index is 0.0432. The van der Waals surface area contributed by atoms with Gasteiger partial charge >= 0.3 is 0 Å². The standard InChI is InChI=1S/C48H60N10O7.C45H62N10O7/c1-30(59)54-39(25-31-13-4-2-5-14-31)44(62)55-37-20-11-22-51-43(61)33(17-10-23-52-48(49)50)28-42(60)38(27-34-29-53-36-19-9-8-18-35(34)36)56-45(63)40(26-32-15-6-3-7-16-32)57-46(64)41-21-12-24-58(41)47(37)65;1-27(2)22-36-41(59)53-35(24-31-26-50-33-16-8-7-15-32(31)33)39(57)25-30(14-9-20-49-45(46)47)40(58)48-19-10-17-34(44(62)55-21-11-18-38(55)43(61)54-36)52-42(60)37(51-28(3)56)23-29-12-5-4-6-13-29/h2-9,13-16,18-19,29,33,37-41,53H,10-12,17,20-28H2,1H3,(H,51,61)(H,54,59)(H,55,62)(H,56,63)(H,57,64)(H4,49,50,52);4-8,12-13,15-16,26-27,30,34-38,50H,9-11,14,17-25H2,1-3H3,(H,48,58)(H,51,56)(H,52,60)(H,53,59)(H,54,61)(H4,46,47,49)/t33-,37+,38+,39+,40-,41+;30-,34+,35+,36-,37+,38+/m11/s1. The lowest BCUT2D eigenvalue weighted by atomic mass is 9.90. The summed E-state index contributed by atoms with van der Waals surface area (Å²) < 4.78 is 0. The van der Waals surface area contributed by atoms with Crippen LogP contribution in [0.15, 0.2) is 162 Å². The third-order valence-corrected chi connectivity index (χ3v) is 23.3. The Labute approximate surface area is 738 Å². The van der Waals surface area contributed by atoms with Gasteiger partial charge in [0.05, 0.1) is 12.1 Å². The first-order chi connectivity index (χ1) is 61.0. The van der Waals surface area contributed by atoms with Crippen LogP contribution in [0.1, 0.15) is 152 Å². The Balaban J connectivity index is 0.000000265. The number of guanidine groups is 2. The molecule has 6 heterocycles. The summed E-state index contributed by atoms with van der Waals surface area (Å²) in [6.07, 6.45) is 7.62. The van der Waals surface area contributed by atoms with Crippen LogP contribution in [-0.4, -0.2) is 214 Å². The van der Waals surface area contributed by atoms with Gasteiger partial charge in [-0.25, -0.2) is 0 Å². The number of aliphatic imine (C=N–C) groups is 2. The van der Waals surface area contributed by atoms with Crippen molar-refractivity contribution in [1.82, 2.24) is 72.9 Å². The van der Waals surface area contributed by atoms with E-state index in [9.17, 15) is 67.1 Å². The molecule has 34 heteroatoms. The number of amides is 12. The summed E-state index contributed by atoms with van der Waals surface area (Å²) in [6, 6.07) is 32.1. The molecule has 4 saturated heterocycles. The lowest BCUT2D eigenvalue weighted by Crippen LogP contribution is -2.59. The van der Waals surface area contributed by atoms with Crippen molar-refractivity contribution in [3.8, 4) is 0 Å². The Bertz CT molecular complexity index is 5030. The number of aromatic amines is 2. The molecule has 4 aliphatic heterocycles. The zero-order chi connectivity index (χ0) is 91.1. The van der Waals surface area contributed by atoms with Gasteiger partial charge in [0.1, 0.15) is 48.3 Å². The topological polar surface area (TPSA) is 526 Å². The number of aromatic nitrogens is 2. The molecule has 12 amide bonds. The Hall–Kier alpha value is -13.3. The zero-order valence-corrected chi connectivity index (χ0v) is 72.6. The number of benzene rings is 5.